The maximum Gasteiger partial charge on any atom is 0.224 e. The fraction of sp³-hybridized carbons (Fsp3) is 0.500. The molecular formula is C12H17BrClN3O. The van der Waals surface area contributed by atoms with Crippen LogP contribution < -0.4 is 11.1 Å². The minimum Gasteiger partial charge on any atom is -0.330 e. The van der Waals surface area contributed by atoms with Gasteiger partial charge in [0, 0.05) is 17.1 Å². The van der Waals surface area contributed by atoms with Crippen LogP contribution >= 0.6 is 27.5 Å². The molecule has 0 radical (unpaired) electrons. The van der Waals surface area contributed by atoms with Crippen molar-refractivity contribution in [2.45, 2.75) is 32.1 Å². The number of aromatic nitrogens is 1. The Morgan fingerprint density at radius 3 is 2.83 bits per heavy atom. The molecule has 0 atom stereocenters. The summed E-state index contributed by atoms with van der Waals surface area (Å²) in [6.07, 6.45) is 6.06. The van der Waals surface area contributed by atoms with E-state index in [1.54, 1.807) is 12.3 Å². The van der Waals surface area contributed by atoms with Gasteiger partial charge in [0.05, 0.1) is 5.69 Å². The summed E-state index contributed by atoms with van der Waals surface area (Å²) in [5, 5.41) is 3.05. The van der Waals surface area contributed by atoms with Crippen LogP contribution in [0.3, 0.4) is 0 Å². The van der Waals surface area contributed by atoms with Crippen LogP contribution in [0.5, 0.6) is 0 Å². The van der Waals surface area contributed by atoms with Crippen molar-refractivity contribution >= 4 is 39.1 Å². The quantitative estimate of drug-likeness (QED) is 0.593. The zero-order chi connectivity index (χ0) is 13.4. The monoisotopic (exact) mass is 333 g/mol. The van der Waals surface area contributed by atoms with Crippen molar-refractivity contribution in [2.24, 2.45) is 5.73 Å². The largest absolute Gasteiger partial charge is 0.330 e. The number of nitrogens with two attached hydrogens (primary N) is 1. The van der Waals surface area contributed by atoms with E-state index in [4.69, 9.17) is 17.3 Å². The fourth-order valence-corrected chi connectivity index (χ4v) is 1.99. The number of hydrogen-bond acceptors (Lipinski definition) is 3. The lowest BCUT2D eigenvalue weighted by Gasteiger charge is -2.06. The molecule has 1 aromatic rings. The molecule has 0 unspecified atom stereocenters. The zero-order valence-electron chi connectivity index (χ0n) is 10.1. The van der Waals surface area contributed by atoms with Crippen LogP contribution in [0, 0.1) is 0 Å². The Labute approximate surface area is 120 Å². The number of anilines is 1. The van der Waals surface area contributed by atoms with Gasteiger partial charge < -0.3 is 11.1 Å². The Kier molecular flexibility index (Phi) is 7.23. The summed E-state index contributed by atoms with van der Waals surface area (Å²) in [6, 6.07) is 1.74. The maximum absolute atomic E-state index is 11.7. The van der Waals surface area contributed by atoms with Gasteiger partial charge in [-0.2, -0.15) is 0 Å². The molecule has 1 rings (SSSR count). The normalized spacial score (nSPS) is 10.4. The molecule has 1 aromatic heterocycles. The summed E-state index contributed by atoms with van der Waals surface area (Å²) in [4.78, 5) is 15.6. The highest BCUT2D eigenvalue weighted by Crippen LogP contribution is 2.23. The highest BCUT2D eigenvalue weighted by Gasteiger charge is 2.07. The lowest BCUT2D eigenvalue weighted by atomic mass is 10.1. The average Bonchev–Trinajstić information content (AvgIpc) is 2.33. The van der Waals surface area contributed by atoms with Gasteiger partial charge in [-0.05, 0) is 41.4 Å². The summed E-state index contributed by atoms with van der Waals surface area (Å²) in [5.74, 6) is -0.0375. The van der Waals surface area contributed by atoms with Gasteiger partial charge in [-0.1, -0.05) is 24.4 Å². The van der Waals surface area contributed by atoms with E-state index in [0.717, 1.165) is 30.2 Å². The van der Waals surface area contributed by atoms with Crippen LogP contribution in [0.4, 0.5) is 5.69 Å². The van der Waals surface area contributed by atoms with Crippen molar-refractivity contribution in [3.8, 4) is 0 Å². The number of nitrogens with zero attached hydrogens (tertiary/aromatic N) is 1. The van der Waals surface area contributed by atoms with Gasteiger partial charge in [-0.15, -0.1) is 0 Å². The number of halogens is 2. The van der Waals surface area contributed by atoms with Gasteiger partial charge in [-0.3, -0.25) is 4.79 Å². The van der Waals surface area contributed by atoms with Crippen molar-refractivity contribution in [2.75, 3.05) is 11.9 Å². The molecule has 0 aliphatic carbocycles. The third-order valence-corrected chi connectivity index (χ3v) is 3.17. The molecular weight excluding hydrogens is 318 g/mol. The molecule has 6 heteroatoms. The third kappa shape index (κ3) is 5.80. The van der Waals surface area contributed by atoms with Crippen LogP contribution in [0.2, 0.25) is 5.15 Å². The van der Waals surface area contributed by atoms with Crippen LogP contribution in [-0.4, -0.2) is 17.4 Å². The molecule has 0 spiro atoms. The summed E-state index contributed by atoms with van der Waals surface area (Å²) in [6.45, 7) is 0.714. The Hall–Kier alpha value is -0.650. The van der Waals surface area contributed by atoms with Gasteiger partial charge >= 0.3 is 0 Å². The first-order valence-corrected chi connectivity index (χ1v) is 7.11. The van der Waals surface area contributed by atoms with E-state index in [-0.39, 0.29) is 5.91 Å². The number of carbonyl (C=O) groups is 1. The molecule has 0 aromatic carbocycles. The molecule has 0 bridgehead atoms. The highest BCUT2D eigenvalue weighted by molar-refractivity contribution is 9.10. The predicted molar refractivity (Wildman–Crippen MR) is 77.7 cm³/mol. The Morgan fingerprint density at radius 2 is 2.11 bits per heavy atom. The molecule has 0 aliphatic rings. The number of nitrogens with one attached hydrogen (secondary N) is 1. The third-order valence-electron chi connectivity index (χ3n) is 2.44. The highest BCUT2D eigenvalue weighted by atomic mass is 79.9. The minimum atomic E-state index is -0.0375. The van der Waals surface area contributed by atoms with Crippen molar-refractivity contribution < 1.29 is 4.79 Å². The second-order valence-corrected chi connectivity index (χ2v) is 5.27. The van der Waals surface area contributed by atoms with Gasteiger partial charge in [0.1, 0.15) is 0 Å². The average molecular weight is 335 g/mol. The number of pyridine rings is 1. The lowest BCUT2D eigenvalue weighted by molar-refractivity contribution is -0.116. The first-order chi connectivity index (χ1) is 8.63. The second kappa shape index (κ2) is 8.45. The molecule has 1 heterocycles. The van der Waals surface area contributed by atoms with Crippen molar-refractivity contribution in [1.82, 2.24) is 4.98 Å². The molecule has 0 aliphatic heterocycles. The Bertz CT molecular complexity index is 401. The van der Waals surface area contributed by atoms with Gasteiger partial charge in [0.25, 0.3) is 0 Å². The number of carbonyl (C=O) groups excluding carboxylic acids is 1. The van der Waals surface area contributed by atoms with E-state index in [9.17, 15) is 4.79 Å². The number of hydrogen-bond donors (Lipinski definition) is 2. The smallest absolute Gasteiger partial charge is 0.224 e. The van der Waals surface area contributed by atoms with Crippen LogP contribution in [0.25, 0.3) is 0 Å². The molecule has 0 saturated carbocycles. The fourth-order valence-electron chi connectivity index (χ4n) is 1.51. The number of amides is 1. The van der Waals surface area contributed by atoms with Gasteiger partial charge in [0.15, 0.2) is 5.15 Å². The van der Waals surface area contributed by atoms with E-state index in [1.807, 2.05) is 0 Å². The summed E-state index contributed by atoms with van der Waals surface area (Å²) in [7, 11) is 0. The lowest BCUT2D eigenvalue weighted by Crippen LogP contribution is -2.11. The van der Waals surface area contributed by atoms with Crippen LogP contribution in [-0.2, 0) is 4.79 Å². The zero-order valence-corrected chi connectivity index (χ0v) is 12.4. The second-order valence-electron chi connectivity index (χ2n) is 3.99. The first-order valence-electron chi connectivity index (χ1n) is 5.94. The molecule has 0 fully saturated rings. The molecule has 4 nitrogen and oxygen atoms in total. The molecule has 3 N–H and O–H groups in total. The molecule has 100 valence electrons. The number of unbranched alkanes of at least 4 members (excludes halogenated alkanes) is 3. The van der Waals surface area contributed by atoms with E-state index >= 15 is 0 Å². The minimum absolute atomic E-state index is 0.0375. The van der Waals surface area contributed by atoms with Crippen molar-refractivity contribution in [1.29, 1.82) is 0 Å². The summed E-state index contributed by atoms with van der Waals surface area (Å²) >= 11 is 9.17. The predicted octanol–water partition coefficient (Wildman–Crippen LogP) is 3.35. The first kappa shape index (κ1) is 15.4. The van der Waals surface area contributed by atoms with E-state index in [2.05, 4.69) is 26.2 Å². The van der Waals surface area contributed by atoms with Crippen molar-refractivity contribution in [3.05, 3.63) is 21.9 Å². The van der Waals surface area contributed by atoms with Crippen LogP contribution in [0.15, 0.2) is 16.7 Å². The standard InChI is InChI=1S/C12H17BrClN3O/c13-9-7-10(12(14)16-8-9)17-11(18)5-3-1-2-4-6-15/h7-8H,1-6,15H2,(H,17,18). The van der Waals surface area contributed by atoms with E-state index in [1.165, 1.54) is 0 Å². The van der Waals surface area contributed by atoms with Gasteiger partial charge in [0.2, 0.25) is 5.91 Å². The molecule has 18 heavy (non-hydrogen) atoms. The van der Waals surface area contributed by atoms with E-state index < -0.39 is 0 Å². The van der Waals surface area contributed by atoms with E-state index in [0.29, 0.717) is 23.8 Å². The van der Waals surface area contributed by atoms with Gasteiger partial charge in [-0.25, -0.2) is 4.98 Å². The SMILES string of the molecule is NCCCCCCC(=O)Nc1cc(Br)cnc1Cl. The Morgan fingerprint density at radius 1 is 1.39 bits per heavy atom. The summed E-state index contributed by atoms with van der Waals surface area (Å²) in [5.41, 5.74) is 5.94. The molecule has 0 saturated heterocycles. The van der Waals surface area contributed by atoms with Crippen molar-refractivity contribution in [3.63, 3.8) is 0 Å². The topological polar surface area (TPSA) is 68.0 Å². The summed E-state index contributed by atoms with van der Waals surface area (Å²) < 4.78 is 0.783. The maximum atomic E-state index is 11.7. The Balaban J connectivity index is 2.33. The number of rotatable bonds is 7. The van der Waals surface area contributed by atoms with Crippen LogP contribution in [0.1, 0.15) is 32.1 Å². The molecule has 1 amide bonds.